The monoisotopic (exact) mass is 169 g/mol. The summed E-state index contributed by atoms with van der Waals surface area (Å²) >= 11 is 0. The van der Waals surface area contributed by atoms with E-state index >= 15 is 0 Å². The first kappa shape index (κ1) is 11.2. The van der Waals surface area contributed by atoms with Crippen LogP contribution in [0.15, 0.2) is 12.2 Å². The van der Waals surface area contributed by atoms with E-state index in [-0.39, 0.29) is 0 Å². The van der Waals surface area contributed by atoms with Gasteiger partial charge in [-0.3, -0.25) is 0 Å². The lowest BCUT2D eigenvalue weighted by Gasteiger charge is -1.97. The van der Waals surface area contributed by atoms with E-state index in [0.717, 1.165) is 19.3 Å². The molecule has 0 rings (SSSR count). The third-order valence-electron chi connectivity index (χ3n) is 1.66. The Morgan fingerprint density at radius 1 is 1.25 bits per heavy atom. The van der Waals surface area contributed by atoms with Gasteiger partial charge in [0.2, 0.25) is 0 Å². The quantitative estimate of drug-likeness (QED) is 0.412. The van der Waals surface area contributed by atoms with Gasteiger partial charge in [-0.1, -0.05) is 25.0 Å². The van der Waals surface area contributed by atoms with Crippen LogP contribution in [0.25, 0.3) is 0 Å². The maximum Gasteiger partial charge on any atom is 0.417 e. The van der Waals surface area contributed by atoms with Crippen LogP contribution in [0.1, 0.15) is 39.0 Å². The highest BCUT2D eigenvalue weighted by atomic mass is 16.5. The second-order valence-electron chi connectivity index (χ2n) is 2.70. The van der Waals surface area contributed by atoms with E-state index in [1.54, 1.807) is 0 Å². The molecule has 0 saturated heterocycles. The van der Waals surface area contributed by atoms with Crippen LogP contribution in [0.4, 0.5) is 0 Å². The normalized spacial score (nSPS) is 10.4. The second kappa shape index (κ2) is 10.2. The van der Waals surface area contributed by atoms with Crippen LogP contribution in [-0.2, 0) is 9.53 Å². The molecule has 0 spiro atoms. The zero-order chi connectivity index (χ0) is 9.07. The summed E-state index contributed by atoms with van der Waals surface area (Å²) in [6.07, 6.45) is 9.96. The Hall–Kier alpha value is -0.790. The fourth-order valence-corrected chi connectivity index (χ4v) is 0.998. The number of allylic oxidation sites excluding steroid dienone is 2. The first-order chi connectivity index (χ1) is 5.91. The molecule has 12 heavy (non-hydrogen) atoms. The Morgan fingerprint density at radius 2 is 2.00 bits per heavy atom. The van der Waals surface area contributed by atoms with E-state index in [1.165, 1.54) is 19.3 Å². The van der Waals surface area contributed by atoms with Crippen molar-refractivity contribution in [2.24, 2.45) is 0 Å². The van der Waals surface area contributed by atoms with Gasteiger partial charge in [0, 0.05) is 0 Å². The molecule has 2 nitrogen and oxygen atoms in total. The molecule has 0 aliphatic carbocycles. The highest BCUT2D eigenvalue weighted by molar-refractivity contribution is 5.37. The van der Waals surface area contributed by atoms with Crippen LogP contribution in [0.3, 0.4) is 0 Å². The van der Waals surface area contributed by atoms with E-state index < -0.39 is 0 Å². The van der Waals surface area contributed by atoms with Crippen molar-refractivity contribution in [3.8, 4) is 0 Å². The lowest BCUT2D eigenvalue weighted by Crippen LogP contribution is -1.90. The largest absolute Gasteiger partial charge is 0.457 e. The first-order valence-electron chi connectivity index (χ1n) is 4.52. The highest BCUT2D eigenvalue weighted by Crippen LogP contribution is 2.03. The molecule has 0 aliphatic heterocycles. The molecule has 0 aromatic carbocycles. The number of ether oxygens (including phenoxy) is 1. The molecule has 0 unspecified atom stereocenters. The molecule has 0 aromatic heterocycles. The number of rotatable bonds is 8. The molecule has 0 atom stereocenters. The molecule has 1 radical (unpaired) electrons. The molecule has 0 aromatic rings. The van der Waals surface area contributed by atoms with Gasteiger partial charge in [-0.25, -0.2) is 4.79 Å². The van der Waals surface area contributed by atoms with E-state index in [4.69, 9.17) is 0 Å². The van der Waals surface area contributed by atoms with E-state index in [2.05, 4.69) is 16.9 Å². The van der Waals surface area contributed by atoms with Crippen molar-refractivity contribution in [1.29, 1.82) is 0 Å². The highest BCUT2D eigenvalue weighted by Gasteiger charge is 1.88. The summed E-state index contributed by atoms with van der Waals surface area (Å²) in [5, 5.41) is 0. The van der Waals surface area contributed by atoms with Crippen molar-refractivity contribution in [3.05, 3.63) is 12.2 Å². The molecule has 0 N–H and O–H groups in total. The molecular weight excluding hydrogens is 152 g/mol. The van der Waals surface area contributed by atoms with Crippen molar-refractivity contribution < 1.29 is 9.53 Å². The summed E-state index contributed by atoms with van der Waals surface area (Å²) in [5.41, 5.74) is 0. The Bertz CT molecular complexity index is 119. The minimum absolute atomic E-state index is 0.521. The van der Waals surface area contributed by atoms with Gasteiger partial charge in [0.15, 0.2) is 0 Å². The third-order valence-corrected chi connectivity index (χ3v) is 1.66. The summed E-state index contributed by atoms with van der Waals surface area (Å²) < 4.78 is 4.44. The standard InChI is InChI=1S/C10H17O2/c1-2-3-4-5-6-7-8-9-12-10-11/h2-3H,4-9H2,1H3/b3-2+. The smallest absolute Gasteiger partial charge is 0.417 e. The Balaban J connectivity index is 2.86. The van der Waals surface area contributed by atoms with Gasteiger partial charge >= 0.3 is 6.47 Å². The van der Waals surface area contributed by atoms with Crippen LogP contribution in [0.5, 0.6) is 0 Å². The molecule has 0 amide bonds. The van der Waals surface area contributed by atoms with Gasteiger partial charge in [-0.2, -0.15) is 0 Å². The first-order valence-corrected chi connectivity index (χ1v) is 4.52. The topological polar surface area (TPSA) is 26.3 Å². The van der Waals surface area contributed by atoms with Gasteiger partial charge in [0.1, 0.15) is 0 Å². The molecule has 69 valence electrons. The third kappa shape index (κ3) is 9.21. The summed E-state index contributed by atoms with van der Waals surface area (Å²) in [5.74, 6) is 0. The van der Waals surface area contributed by atoms with Crippen molar-refractivity contribution in [2.45, 2.75) is 39.0 Å². The van der Waals surface area contributed by atoms with E-state index in [1.807, 2.05) is 6.92 Å². The molecule has 0 bridgehead atoms. The van der Waals surface area contributed by atoms with Crippen LogP contribution in [0, 0.1) is 0 Å². The minimum Gasteiger partial charge on any atom is -0.457 e. The molecule has 0 saturated carbocycles. The molecule has 0 fully saturated rings. The Labute approximate surface area is 74.6 Å². The fourth-order valence-electron chi connectivity index (χ4n) is 0.998. The van der Waals surface area contributed by atoms with E-state index in [9.17, 15) is 4.79 Å². The summed E-state index contributed by atoms with van der Waals surface area (Å²) in [7, 11) is 0. The predicted molar refractivity (Wildman–Crippen MR) is 49.5 cm³/mol. The van der Waals surface area contributed by atoms with Crippen molar-refractivity contribution in [3.63, 3.8) is 0 Å². The lowest BCUT2D eigenvalue weighted by molar-refractivity contribution is 0.269. The maximum atomic E-state index is 9.62. The van der Waals surface area contributed by atoms with Crippen LogP contribution in [-0.4, -0.2) is 13.1 Å². The second-order valence-corrected chi connectivity index (χ2v) is 2.70. The Morgan fingerprint density at radius 3 is 2.67 bits per heavy atom. The zero-order valence-corrected chi connectivity index (χ0v) is 7.71. The predicted octanol–water partition coefficient (Wildman–Crippen LogP) is 2.60. The summed E-state index contributed by atoms with van der Waals surface area (Å²) in [4.78, 5) is 9.62. The van der Waals surface area contributed by atoms with Gasteiger partial charge in [-0.05, 0) is 26.2 Å². The average Bonchev–Trinajstić information content (AvgIpc) is 2.10. The maximum absolute atomic E-state index is 9.62. The van der Waals surface area contributed by atoms with Crippen molar-refractivity contribution in [2.75, 3.05) is 6.61 Å². The number of unbranched alkanes of at least 4 members (excludes halogenated alkanes) is 4. The Kier molecular flexibility index (Phi) is 9.54. The van der Waals surface area contributed by atoms with Gasteiger partial charge in [0.05, 0.1) is 6.61 Å². The SMILES string of the molecule is C/C=C/CCCCCCO[C]=O. The van der Waals surface area contributed by atoms with E-state index in [0.29, 0.717) is 6.61 Å². The molecule has 2 heteroatoms. The average molecular weight is 169 g/mol. The fraction of sp³-hybridized carbons (Fsp3) is 0.700. The van der Waals surface area contributed by atoms with Crippen molar-refractivity contribution >= 4 is 6.47 Å². The van der Waals surface area contributed by atoms with Crippen molar-refractivity contribution in [1.82, 2.24) is 0 Å². The molecular formula is C10H17O2. The minimum atomic E-state index is 0.521. The lowest BCUT2D eigenvalue weighted by atomic mass is 10.1. The zero-order valence-electron chi connectivity index (χ0n) is 7.71. The number of hydrogen-bond acceptors (Lipinski definition) is 2. The van der Waals surface area contributed by atoms with Gasteiger partial charge in [-0.15, -0.1) is 0 Å². The molecule has 0 heterocycles. The molecule has 0 aliphatic rings. The summed E-state index contributed by atoms with van der Waals surface area (Å²) in [6, 6.07) is 0. The number of hydrogen-bond donors (Lipinski definition) is 0. The van der Waals surface area contributed by atoms with Crippen LogP contribution < -0.4 is 0 Å². The van der Waals surface area contributed by atoms with Gasteiger partial charge < -0.3 is 4.74 Å². The number of carbonyl (C=O) groups excluding carboxylic acids is 1. The van der Waals surface area contributed by atoms with Gasteiger partial charge in [0.25, 0.3) is 0 Å². The van der Waals surface area contributed by atoms with Crippen LogP contribution in [0.2, 0.25) is 0 Å². The summed E-state index contributed by atoms with van der Waals surface area (Å²) in [6.45, 7) is 3.97. The van der Waals surface area contributed by atoms with Crippen LogP contribution >= 0.6 is 0 Å².